The predicted octanol–water partition coefficient (Wildman–Crippen LogP) is 4.50. The molecule has 30 heavy (non-hydrogen) atoms. The van der Waals surface area contributed by atoms with E-state index in [1.807, 2.05) is 23.3 Å². The molecule has 0 saturated carbocycles. The van der Waals surface area contributed by atoms with Crippen LogP contribution in [0.15, 0.2) is 67.5 Å². The molecular formula is C21H15F4N5. The van der Waals surface area contributed by atoms with Crippen LogP contribution in [-0.4, -0.2) is 31.4 Å². The van der Waals surface area contributed by atoms with Crippen molar-refractivity contribution >= 4 is 5.57 Å². The minimum absolute atomic E-state index is 0.0205. The standard InChI is InChI=1S/C21H15F4N5/c22-17-8-14(10-29-20(17)15-3-4-28-19(9-15)21(23,24)25)12-30-7-1-2-16(13-30)18-11-26-5-6-27-18/h1-6,8-11,13H,7,12H2. The molecule has 0 aromatic carbocycles. The number of alkyl halides is 3. The normalized spacial score (nSPS) is 14.0. The van der Waals surface area contributed by atoms with Crippen molar-refractivity contribution in [3.05, 3.63) is 90.3 Å². The zero-order chi connectivity index (χ0) is 21.1. The van der Waals surface area contributed by atoms with Crippen LogP contribution in [-0.2, 0) is 12.7 Å². The molecule has 0 fully saturated rings. The molecule has 4 rings (SSSR count). The van der Waals surface area contributed by atoms with Crippen LogP contribution in [0.4, 0.5) is 17.6 Å². The summed E-state index contributed by atoms with van der Waals surface area (Å²) >= 11 is 0. The minimum atomic E-state index is -4.61. The molecule has 9 heteroatoms. The number of halogens is 4. The lowest BCUT2D eigenvalue weighted by molar-refractivity contribution is -0.141. The van der Waals surface area contributed by atoms with E-state index in [4.69, 9.17) is 0 Å². The van der Waals surface area contributed by atoms with E-state index in [1.54, 1.807) is 18.6 Å². The van der Waals surface area contributed by atoms with Crippen LogP contribution in [0.2, 0.25) is 0 Å². The Hall–Kier alpha value is -3.62. The third kappa shape index (κ3) is 4.35. The topological polar surface area (TPSA) is 54.8 Å². The Kier molecular flexibility index (Phi) is 5.26. The molecule has 0 aliphatic carbocycles. The summed E-state index contributed by atoms with van der Waals surface area (Å²) in [7, 11) is 0. The first-order chi connectivity index (χ1) is 14.4. The second kappa shape index (κ2) is 8.02. The number of nitrogens with zero attached hydrogens (tertiary/aromatic N) is 5. The van der Waals surface area contributed by atoms with Crippen LogP contribution in [0.5, 0.6) is 0 Å². The zero-order valence-corrected chi connectivity index (χ0v) is 15.5. The Morgan fingerprint density at radius 3 is 2.60 bits per heavy atom. The van der Waals surface area contributed by atoms with Gasteiger partial charge in [0.2, 0.25) is 0 Å². The summed E-state index contributed by atoms with van der Waals surface area (Å²) in [4.78, 5) is 17.6. The molecular weight excluding hydrogens is 398 g/mol. The van der Waals surface area contributed by atoms with Crippen LogP contribution in [0, 0.1) is 5.82 Å². The van der Waals surface area contributed by atoms with Crippen molar-refractivity contribution in [3.63, 3.8) is 0 Å². The summed E-state index contributed by atoms with van der Waals surface area (Å²) < 4.78 is 53.2. The van der Waals surface area contributed by atoms with Crippen molar-refractivity contribution in [2.45, 2.75) is 12.7 Å². The first-order valence-electron chi connectivity index (χ1n) is 8.97. The van der Waals surface area contributed by atoms with Crippen molar-refractivity contribution in [1.82, 2.24) is 24.8 Å². The summed E-state index contributed by atoms with van der Waals surface area (Å²) in [6, 6.07) is 3.37. The van der Waals surface area contributed by atoms with Crippen LogP contribution in [0.25, 0.3) is 16.8 Å². The Bertz CT molecular complexity index is 1110. The summed E-state index contributed by atoms with van der Waals surface area (Å²) in [5.41, 5.74) is 0.957. The number of aromatic nitrogens is 4. The molecule has 4 heterocycles. The molecule has 1 aliphatic rings. The molecule has 3 aromatic rings. The molecule has 0 atom stereocenters. The fourth-order valence-corrected chi connectivity index (χ4v) is 3.06. The van der Waals surface area contributed by atoms with Gasteiger partial charge in [-0.2, -0.15) is 13.2 Å². The van der Waals surface area contributed by atoms with Gasteiger partial charge in [0, 0.05) is 55.2 Å². The number of hydrogen-bond acceptors (Lipinski definition) is 5. The maximum absolute atomic E-state index is 14.6. The predicted molar refractivity (Wildman–Crippen MR) is 102 cm³/mol. The summed E-state index contributed by atoms with van der Waals surface area (Å²) in [5.74, 6) is -0.697. The van der Waals surface area contributed by atoms with Crippen LogP contribution < -0.4 is 0 Å². The summed E-state index contributed by atoms with van der Waals surface area (Å²) in [6.07, 6.45) is 8.47. The Morgan fingerprint density at radius 2 is 1.87 bits per heavy atom. The van der Waals surface area contributed by atoms with E-state index in [0.29, 0.717) is 18.7 Å². The molecule has 0 N–H and O–H groups in total. The highest BCUT2D eigenvalue weighted by Gasteiger charge is 2.32. The highest BCUT2D eigenvalue weighted by Crippen LogP contribution is 2.31. The number of hydrogen-bond donors (Lipinski definition) is 0. The van der Waals surface area contributed by atoms with Gasteiger partial charge in [-0.25, -0.2) is 4.39 Å². The molecule has 5 nitrogen and oxygen atoms in total. The van der Waals surface area contributed by atoms with Crippen LogP contribution >= 0.6 is 0 Å². The van der Waals surface area contributed by atoms with Gasteiger partial charge in [-0.05, 0) is 23.8 Å². The van der Waals surface area contributed by atoms with Crippen molar-refractivity contribution < 1.29 is 17.6 Å². The van der Waals surface area contributed by atoms with Crippen molar-refractivity contribution in [3.8, 4) is 11.3 Å². The first-order valence-corrected chi connectivity index (χ1v) is 8.97. The lowest BCUT2D eigenvalue weighted by atomic mass is 10.1. The number of allylic oxidation sites excluding steroid dienone is 2. The van der Waals surface area contributed by atoms with Gasteiger partial charge in [0.15, 0.2) is 0 Å². The van der Waals surface area contributed by atoms with Gasteiger partial charge < -0.3 is 4.90 Å². The molecule has 3 aromatic heterocycles. The number of pyridine rings is 2. The second-order valence-corrected chi connectivity index (χ2v) is 6.61. The average molecular weight is 413 g/mol. The van der Waals surface area contributed by atoms with Crippen molar-refractivity contribution in [2.75, 3.05) is 6.54 Å². The molecule has 0 bridgehead atoms. The van der Waals surface area contributed by atoms with E-state index in [0.717, 1.165) is 23.5 Å². The van der Waals surface area contributed by atoms with E-state index < -0.39 is 17.7 Å². The van der Waals surface area contributed by atoms with E-state index in [9.17, 15) is 17.6 Å². The molecule has 152 valence electrons. The van der Waals surface area contributed by atoms with E-state index in [-0.39, 0.29) is 11.3 Å². The lowest BCUT2D eigenvalue weighted by Gasteiger charge is -2.23. The average Bonchev–Trinajstić information content (AvgIpc) is 2.74. The van der Waals surface area contributed by atoms with E-state index >= 15 is 0 Å². The third-order valence-corrected chi connectivity index (χ3v) is 4.43. The highest BCUT2D eigenvalue weighted by atomic mass is 19.4. The largest absolute Gasteiger partial charge is 0.433 e. The Labute approximate surface area is 169 Å². The van der Waals surface area contributed by atoms with Gasteiger partial charge in [-0.15, -0.1) is 0 Å². The third-order valence-electron chi connectivity index (χ3n) is 4.43. The smallest absolute Gasteiger partial charge is 0.369 e. The van der Waals surface area contributed by atoms with Crippen molar-refractivity contribution in [2.24, 2.45) is 0 Å². The molecule has 0 amide bonds. The van der Waals surface area contributed by atoms with E-state index in [2.05, 4.69) is 19.9 Å². The quantitative estimate of drug-likeness (QED) is 0.590. The number of rotatable bonds is 4. The molecule has 0 saturated heterocycles. The molecule has 1 aliphatic heterocycles. The lowest BCUT2D eigenvalue weighted by Crippen LogP contribution is -2.20. The Morgan fingerprint density at radius 1 is 1.00 bits per heavy atom. The highest BCUT2D eigenvalue weighted by molar-refractivity contribution is 5.71. The maximum atomic E-state index is 14.6. The summed E-state index contributed by atoms with van der Waals surface area (Å²) in [5, 5.41) is 0. The van der Waals surface area contributed by atoms with Crippen LogP contribution in [0.1, 0.15) is 17.0 Å². The fraction of sp³-hybridized carbons (Fsp3) is 0.143. The van der Waals surface area contributed by atoms with Gasteiger partial charge in [-0.1, -0.05) is 12.2 Å². The molecule has 0 radical (unpaired) electrons. The monoisotopic (exact) mass is 413 g/mol. The van der Waals surface area contributed by atoms with E-state index in [1.165, 1.54) is 18.3 Å². The van der Waals surface area contributed by atoms with Crippen LogP contribution in [0.3, 0.4) is 0 Å². The van der Waals surface area contributed by atoms with Gasteiger partial charge in [0.25, 0.3) is 0 Å². The Balaban J connectivity index is 1.54. The van der Waals surface area contributed by atoms with Gasteiger partial charge in [0.05, 0.1) is 11.9 Å². The van der Waals surface area contributed by atoms with Crippen molar-refractivity contribution in [1.29, 1.82) is 0 Å². The van der Waals surface area contributed by atoms with Gasteiger partial charge in [-0.3, -0.25) is 19.9 Å². The van der Waals surface area contributed by atoms with Gasteiger partial charge in [0.1, 0.15) is 17.2 Å². The molecule has 0 spiro atoms. The zero-order valence-electron chi connectivity index (χ0n) is 15.5. The van der Waals surface area contributed by atoms with Gasteiger partial charge >= 0.3 is 6.18 Å². The second-order valence-electron chi connectivity index (χ2n) is 6.61. The first kappa shape index (κ1) is 19.7. The SMILES string of the molecule is Fc1cc(CN2C=C(c3cnccn3)C=CC2)cnc1-c1ccnc(C(F)(F)F)c1. The fourth-order valence-electron chi connectivity index (χ4n) is 3.06. The maximum Gasteiger partial charge on any atom is 0.433 e. The molecule has 0 unspecified atom stereocenters. The minimum Gasteiger partial charge on any atom is -0.369 e. The summed E-state index contributed by atoms with van der Waals surface area (Å²) in [6.45, 7) is 0.995.